The van der Waals surface area contributed by atoms with Gasteiger partial charge in [-0.25, -0.2) is 4.84 Å². The predicted molar refractivity (Wildman–Crippen MR) is 48.4 cm³/mol. The Morgan fingerprint density at radius 1 is 1.75 bits per heavy atom. The van der Waals surface area contributed by atoms with Gasteiger partial charge in [-0.2, -0.15) is 0 Å². The van der Waals surface area contributed by atoms with Crippen molar-refractivity contribution in [2.75, 3.05) is 13.2 Å². The van der Waals surface area contributed by atoms with Gasteiger partial charge >= 0.3 is 5.97 Å². The molecular formula is C6H13Cl2NO3. The highest BCUT2D eigenvalue weighted by Crippen LogP contribution is 1.95. The fraction of sp³-hybridized carbons (Fsp3) is 0.833. The third-order valence-corrected chi connectivity index (χ3v) is 1.38. The van der Waals surface area contributed by atoms with E-state index in [0.717, 1.165) is 0 Å². The Kier molecular flexibility index (Phi) is 10.9. The number of aliphatic hydroxyl groups is 1. The summed E-state index contributed by atoms with van der Waals surface area (Å²) in [5.41, 5.74) is 0. The minimum absolute atomic E-state index is 0. The van der Waals surface area contributed by atoms with Gasteiger partial charge in [0.1, 0.15) is 6.04 Å². The van der Waals surface area contributed by atoms with Gasteiger partial charge in [0.2, 0.25) is 0 Å². The molecule has 0 saturated heterocycles. The van der Waals surface area contributed by atoms with Crippen LogP contribution in [0, 0.1) is 0 Å². The fourth-order valence-electron chi connectivity index (χ4n) is 0.589. The van der Waals surface area contributed by atoms with Crippen LogP contribution in [0.4, 0.5) is 0 Å². The summed E-state index contributed by atoms with van der Waals surface area (Å²) in [6.07, 6.45) is 0.266. The summed E-state index contributed by atoms with van der Waals surface area (Å²) < 4.78 is 4.65. The molecule has 6 heteroatoms. The number of hydrogen-bond acceptors (Lipinski definition) is 4. The van der Waals surface area contributed by atoms with E-state index in [9.17, 15) is 4.79 Å². The predicted octanol–water partition coefficient (Wildman–Crippen LogP) is 0.466. The van der Waals surface area contributed by atoms with E-state index in [1.165, 1.54) is 0 Å². The van der Waals surface area contributed by atoms with Crippen molar-refractivity contribution in [2.45, 2.75) is 19.4 Å². The van der Waals surface area contributed by atoms with E-state index in [4.69, 9.17) is 16.9 Å². The molecule has 0 bridgehead atoms. The Morgan fingerprint density at radius 2 is 2.33 bits per heavy atom. The number of nitrogens with one attached hydrogen (secondary N) is 1. The average Bonchev–Trinajstić information content (AvgIpc) is 2.00. The fourth-order valence-corrected chi connectivity index (χ4v) is 0.787. The summed E-state index contributed by atoms with van der Waals surface area (Å²) in [5, 5.41) is 8.48. The maximum atomic E-state index is 10.9. The zero-order valence-corrected chi connectivity index (χ0v) is 8.32. The van der Waals surface area contributed by atoms with Crippen LogP contribution in [-0.4, -0.2) is 30.3 Å². The van der Waals surface area contributed by atoms with Gasteiger partial charge in [0.15, 0.2) is 0 Å². The number of rotatable bonds is 5. The first-order chi connectivity index (χ1) is 5.26. The molecule has 0 fully saturated rings. The van der Waals surface area contributed by atoms with Crippen molar-refractivity contribution in [3.8, 4) is 0 Å². The van der Waals surface area contributed by atoms with Crippen LogP contribution in [0.25, 0.3) is 0 Å². The van der Waals surface area contributed by atoms with Gasteiger partial charge < -0.3 is 9.84 Å². The van der Waals surface area contributed by atoms with Crippen molar-refractivity contribution in [3.05, 3.63) is 0 Å². The topological polar surface area (TPSA) is 58.6 Å². The van der Waals surface area contributed by atoms with Crippen molar-refractivity contribution in [1.29, 1.82) is 0 Å². The minimum Gasteiger partial charge on any atom is -0.465 e. The number of carbonyl (C=O) groups is 1. The summed E-state index contributed by atoms with van der Waals surface area (Å²) in [6.45, 7) is 1.94. The molecule has 0 aromatic heterocycles. The highest BCUT2D eigenvalue weighted by atomic mass is 35.5. The van der Waals surface area contributed by atoms with Crippen LogP contribution >= 0.6 is 24.2 Å². The molecule has 0 heterocycles. The molecule has 4 nitrogen and oxygen atoms in total. The van der Waals surface area contributed by atoms with E-state index < -0.39 is 12.0 Å². The molecule has 0 aromatic carbocycles. The second-order valence-electron chi connectivity index (χ2n) is 1.93. The SMILES string of the molecule is CCOC(=O)C(CCO)NCl.Cl. The smallest absolute Gasteiger partial charge is 0.324 e. The van der Waals surface area contributed by atoms with Gasteiger partial charge in [0.25, 0.3) is 0 Å². The number of ether oxygens (including phenoxy) is 1. The summed E-state index contributed by atoms with van der Waals surface area (Å²) in [5.74, 6) is -0.434. The molecule has 0 aliphatic rings. The number of hydrogen-bond donors (Lipinski definition) is 2. The summed E-state index contributed by atoms with van der Waals surface area (Å²) in [7, 11) is 0. The maximum Gasteiger partial charge on any atom is 0.324 e. The molecular weight excluding hydrogens is 205 g/mol. The first kappa shape index (κ1) is 14.5. The molecule has 1 unspecified atom stereocenters. The number of halogens is 2. The quantitative estimate of drug-likeness (QED) is 0.520. The normalized spacial score (nSPS) is 11.6. The molecule has 0 spiro atoms. The Labute approximate surface area is 82.8 Å². The van der Waals surface area contributed by atoms with Crippen molar-refractivity contribution in [1.82, 2.24) is 4.84 Å². The lowest BCUT2D eigenvalue weighted by atomic mass is 10.2. The lowest BCUT2D eigenvalue weighted by molar-refractivity contribution is -0.145. The van der Waals surface area contributed by atoms with E-state index in [-0.39, 0.29) is 25.4 Å². The molecule has 0 aliphatic carbocycles. The molecule has 0 aromatic rings. The van der Waals surface area contributed by atoms with Crippen LogP contribution in [0.3, 0.4) is 0 Å². The van der Waals surface area contributed by atoms with Crippen molar-refractivity contribution in [2.24, 2.45) is 0 Å². The molecule has 0 saturated carbocycles. The van der Waals surface area contributed by atoms with Gasteiger partial charge in [0, 0.05) is 6.61 Å². The van der Waals surface area contributed by atoms with E-state index in [1.807, 2.05) is 0 Å². The molecule has 0 radical (unpaired) electrons. The second kappa shape index (κ2) is 9.06. The molecule has 1 atom stereocenters. The van der Waals surface area contributed by atoms with Crippen LogP contribution in [-0.2, 0) is 9.53 Å². The first-order valence-electron chi connectivity index (χ1n) is 3.39. The summed E-state index contributed by atoms with van der Waals surface area (Å²) in [4.78, 5) is 13.1. The van der Waals surface area contributed by atoms with Crippen LogP contribution in [0.5, 0.6) is 0 Å². The van der Waals surface area contributed by atoms with Crippen LogP contribution in [0.1, 0.15) is 13.3 Å². The molecule has 12 heavy (non-hydrogen) atoms. The Bertz CT molecular complexity index is 123. The van der Waals surface area contributed by atoms with Gasteiger partial charge in [-0.1, -0.05) is 0 Å². The van der Waals surface area contributed by atoms with Crippen LogP contribution in [0.15, 0.2) is 0 Å². The van der Waals surface area contributed by atoms with E-state index in [2.05, 4.69) is 9.57 Å². The summed E-state index contributed by atoms with van der Waals surface area (Å²) in [6, 6.07) is -0.610. The Balaban J connectivity index is 0. The standard InChI is InChI=1S/C6H12ClNO3.ClH/c1-2-11-6(10)5(8-7)3-4-9;/h5,8-9H,2-4H2,1H3;1H. The van der Waals surface area contributed by atoms with Gasteiger partial charge in [-0.15, -0.1) is 12.4 Å². The first-order valence-corrected chi connectivity index (χ1v) is 3.77. The number of carbonyl (C=O) groups excluding carboxylic acids is 1. The molecule has 0 amide bonds. The molecule has 0 rings (SSSR count). The molecule has 74 valence electrons. The summed E-state index contributed by atoms with van der Waals surface area (Å²) >= 11 is 5.21. The number of aliphatic hydroxyl groups excluding tert-OH is 1. The van der Waals surface area contributed by atoms with E-state index in [1.54, 1.807) is 6.92 Å². The second-order valence-corrected chi connectivity index (χ2v) is 2.14. The third kappa shape index (κ3) is 5.60. The van der Waals surface area contributed by atoms with E-state index >= 15 is 0 Å². The Morgan fingerprint density at radius 3 is 2.67 bits per heavy atom. The van der Waals surface area contributed by atoms with Gasteiger partial charge in [0.05, 0.1) is 6.61 Å². The van der Waals surface area contributed by atoms with Crippen LogP contribution in [0.2, 0.25) is 0 Å². The highest BCUT2D eigenvalue weighted by molar-refractivity contribution is 6.14. The van der Waals surface area contributed by atoms with Crippen LogP contribution < -0.4 is 4.84 Å². The lowest BCUT2D eigenvalue weighted by Gasteiger charge is -2.10. The highest BCUT2D eigenvalue weighted by Gasteiger charge is 2.16. The minimum atomic E-state index is -0.610. The molecule has 2 N–H and O–H groups in total. The van der Waals surface area contributed by atoms with Gasteiger partial charge in [-0.05, 0) is 25.1 Å². The lowest BCUT2D eigenvalue weighted by Crippen LogP contribution is -2.33. The monoisotopic (exact) mass is 217 g/mol. The zero-order chi connectivity index (χ0) is 8.69. The zero-order valence-electron chi connectivity index (χ0n) is 6.75. The Hall–Kier alpha value is -0.0300. The molecule has 0 aliphatic heterocycles. The third-order valence-electron chi connectivity index (χ3n) is 1.12. The maximum absolute atomic E-state index is 10.9. The number of esters is 1. The van der Waals surface area contributed by atoms with E-state index in [0.29, 0.717) is 6.61 Å². The van der Waals surface area contributed by atoms with Gasteiger partial charge in [-0.3, -0.25) is 4.79 Å². The van der Waals surface area contributed by atoms with Crippen molar-refractivity contribution < 1.29 is 14.6 Å². The van der Waals surface area contributed by atoms with Crippen molar-refractivity contribution >= 4 is 30.2 Å². The average molecular weight is 218 g/mol. The van der Waals surface area contributed by atoms with Crippen molar-refractivity contribution in [3.63, 3.8) is 0 Å². The largest absolute Gasteiger partial charge is 0.465 e.